The smallest absolute Gasteiger partial charge is 0.213 e. The number of nitrogens with zero attached hydrogens (tertiary/aromatic N) is 1. The van der Waals surface area contributed by atoms with Gasteiger partial charge in [-0.05, 0) is 19.9 Å². The Bertz CT molecular complexity index is 868. The molecule has 1 aromatic rings. The number of amides is 1. The first-order chi connectivity index (χ1) is 12.7. The highest BCUT2D eigenvalue weighted by Crippen LogP contribution is 2.41. The van der Waals surface area contributed by atoms with Gasteiger partial charge < -0.3 is 19.1 Å². The number of carbonyl (C=O) groups is 1. The number of allylic oxidation sites excluding steroid dienone is 3. The number of hydrogen-bond acceptors (Lipinski definition) is 6. The van der Waals surface area contributed by atoms with E-state index in [0.29, 0.717) is 35.7 Å². The average molecular weight is 395 g/mol. The first-order valence-electron chi connectivity index (χ1n) is 8.36. The van der Waals surface area contributed by atoms with Gasteiger partial charge in [-0.25, -0.2) is 8.42 Å². The largest absolute Gasteiger partial charge is 0.486 e. The Kier molecular flexibility index (Phi) is 6.67. The number of sulfone groups is 1. The Morgan fingerprint density at radius 2 is 2.07 bits per heavy atom. The van der Waals surface area contributed by atoms with Gasteiger partial charge in [0, 0.05) is 43.8 Å². The summed E-state index contributed by atoms with van der Waals surface area (Å²) in [7, 11) is -0.299. The molecule has 0 fully saturated rings. The van der Waals surface area contributed by atoms with E-state index in [1.807, 2.05) is 19.9 Å². The average Bonchev–Trinajstić information content (AvgIpc) is 2.59. The normalized spacial score (nSPS) is 16.6. The van der Waals surface area contributed by atoms with Crippen molar-refractivity contribution in [2.45, 2.75) is 24.8 Å². The summed E-state index contributed by atoms with van der Waals surface area (Å²) in [6.07, 6.45) is 4.95. The molecule has 0 aliphatic carbocycles. The number of fused-ring (bicyclic) bond motifs is 1. The monoisotopic (exact) mass is 395 g/mol. The number of rotatable bonds is 7. The van der Waals surface area contributed by atoms with E-state index in [0.717, 1.165) is 11.8 Å². The molecule has 1 aromatic carbocycles. The molecule has 0 saturated carbocycles. The molecule has 1 heterocycles. The van der Waals surface area contributed by atoms with E-state index in [1.165, 1.54) is 17.0 Å². The lowest BCUT2D eigenvalue weighted by atomic mass is 10.0. The van der Waals surface area contributed by atoms with Crippen LogP contribution in [0.15, 0.2) is 34.9 Å². The van der Waals surface area contributed by atoms with Gasteiger partial charge in [0.1, 0.15) is 6.61 Å². The summed E-state index contributed by atoms with van der Waals surface area (Å²) in [4.78, 5) is 12.6. The van der Waals surface area contributed by atoms with Crippen molar-refractivity contribution in [3.05, 3.63) is 35.5 Å². The number of benzene rings is 1. The highest BCUT2D eigenvalue weighted by atomic mass is 32.2. The Morgan fingerprint density at radius 3 is 2.63 bits per heavy atom. The van der Waals surface area contributed by atoms with Crippen molar-refractivity contribution < 1.29 is 27.4 Å². The highest BCUT2D eigenvalue weighted by molar-refractivity contribution is 7.90. The van der Waals surface area contributed by atoms with Gasteiger partial charge in [-0.1, -0.05) is 11.6 Å². The molecule has 8 heteroatoms. The van der Waals surface area contributed by atoms with E-state index in [4.69, 9.17) is 14.2 Å². The second kappa shape index (κ2) is 8.58. The molecule has 1 aliphatic rings. The van der Waals surface area contributed by atoms with Gasteiger partial charge in [-0.3, -0.25) is 4.79 Å². The van der Waals surface area contributed by atoms with E-state index in [-0.39, 0.29) is 17.6 Å². The van der Waals surface area contributed by atoms with Gasteiger partial charge in [-0.2, -0.15) is 0 Å². The molecule has 0 aromatic heterocycles. The van der Waals surface area contributed by atoms with E-state index < -0.39 is 9.84 Å². The fraction of sp³-hybridized carbons (Fsp3) is 0.421. The molecule has 1 atom stereocenters. The van der Waals surface area contributed by atoms with Crippen molar-refractivity contribution in [1.29, 1.82) is 0 Å². The Balaban J connectivity index is 2.72. The molecule has 2 rings (SSSR count). The summed E-state index contributed by atoms with van der Waals surface area (Å²) in [5.41, 5.74) is 2.14. The van der Waals surface area contributed by atoms with Crippen LogP contribution in [0.25, 0.3) is 5.57 Å². The highest BCUT2D eigenvalue weighted by Gasteiger charge is 2.27. The fourth-order valence-electron chi connectivity index (χ4n) is 2.63. The van der Waals surface area contributed by atoms with E-state index in [1.54, 1.807) is 20.4 Å². The summed E-state index contributed by atoms with van der Waals surface area (Å²) in [6.45, 7) is 4.41. The predicted octanol–water partition coefficient (Wildman–Crippen LogP) is 2.27. The van der Waals surface area contributed by atoms with Crippen molar-refractivity contribution in [1.82, 2.24) is 4.90 Å². The third kappa shape index (κ3) is 5.33. The zero-order valence-electron chi connectivity index (χ0n) is 16.2. The maximum absolute atomic E-state index is 12.1. The van der Waals surface area contributed by atoms with E-state index in [2.05, 4.69) is 0 Å². The quantitative estimate of drug-likeness (QED) is 0.520. The molecule has 7 nitrogen and oxygen atoms in total. The van der Waals surface area contributed by atoms with Crippen LogP contribution in [-0.4, -0.2) is 59.5 Å². The number of ether oxygens (including phenoxy) is 3. The van der Waals surface area contributed by atoms with Crippen LogP contribution in [0.5, 0.6) is 11.5 Å². The maximum atomic E-state index is 12.1. The SMILES string of the molecule is COCC1COc2cc(S(C)(=O)=O)cc(/C(C=C(C)C)=C/N(C)C=O)c2O1. The van der Waals surface area contributed by atoms with Crippen LogP contribution in [0.4, 0.5) is 0 Å². The van der Waals surface area contributed by atoms with Gasteiger partial charge in [-0.15, -0.1) is 0 Å². The Labute approximate surface area is 160 Å². The molecular formula is C19H25NO6S. The first kappa shape index (κ1) is 21.0. The second-order valence-corrected chi connectivity index (χ2v) is 8.67. The minimum Gasteiger partial charge on any atom is -0.486 e. The molecule has 0 spiro atoms. The number of methoxy groups -OCH3 is 1. The lowest BCUT2D eigenvalue weighted by Crippen LogP contribution is -2.33. The summed E-state index contributed by atoms with van der Waals surface area (Å²) in [6, 6.07) is 3.00. The lowest BCUT2D eigenvalue weighted by molar-refractivity contribution is -0.114. The third-order valence-corrected chi connectivity index (χ3v) is 4.87. The maximum Gasteiger partial charge on any atom is 0.213 e. The van der Waals surface area contributed by atoms with Crippen molar-refractivity contribution in [2.75, 3.05) is 33.6 Å². The summed E-state index contributed by atoms with van der Waals surface area (Å²) >= 11 is 0. The van der Waals surface area contributed by atoms with Gasteiger partial charge in [0.05, 0.1) is 11.5 Å². The lowest BCUT2D eigenvalue weighted by Gasteiger charge is -2.28. The van der Waals surface area contributed by atoms with Gasteiger partial charge >= 0.3 is 0 Å². The van der Waals surface area contributed by atoms with Gasteiger partial charge in [0.15, 0.2) is 27.4 Å². The summed E-state index contributed by atoms with van der Waals surface area (Å²) in [5, 5.41) is 0. The first-order valence-corrected chi connectivity index (χ1v) is 10.3. The Morgan fingerprint density at radius 1 is 1.37 bits per heavy atom. The van der Waals surface area contributed by atoms with Crippen LogP contribution < -0.4 is 9.47 Å². The zero-order chi connectivity index (χ0) is 20.2. The van der Waals surface area contributed by atoms with Gasteiger partial charge in [0.25, 0.3) is 0 Å². The fourth-order valence-corrected chi connectivity index (χ4v) is 3.28. The van der Waals surface area contributed by atoms with Crippen molar-refractivity contribution in [2.24, 2.45) is 0 Å². The van der Waals surface area contributed by atoms with Crippen LogP contribution in [0, 0.1) is 0 Å². The van der Waals surface area contributed by atoms with E-state index >= 15 is 0 Å². The predicted molar refractivity (Wildman–Crippen MR) is 103 cm³/mol. The number of carbonyl (C=O) groups excluding carboxylic acids is 1. The van der Waals surface area contributed by atoms with E-state index in [9.17, 15) is 13.2 Å². The molecule has 148 valence electrons. The van der Waals surface area contributed by atoms with Crippen LogP contribution in [0.1, 0.15) is 19.4 Å². The topological polar surface area (TPSA) is 82.1 Å². The van der Waals surface area contributed by atoms with Crippen LogP contribution in [0.2, 0.25) is 0 Å². The molecule has 1 unspecified atom stereocenters. The minimum atomic E-state index is -3.47. The molecule has 0 bridgehead atoms. The molecule has 0 N–H and O–H groups in total. The van der Waals surface area contributed by atoms with Crippen LogP contribution in [0.3, 0.4) is 0 Å². The minimum absolute atomic E-state index is 0.117. The van der Waals surface area contributed by atoms with Crippen molar-refractivity contribution >= 4 is 21.8 Å². The van der Waals surface area contributed by atoms with Gasteiger partial charge in [0.2, 0.25) is 6.41 Å². The molecular weight excluding hydrogens is 370 g/mol. The molecule has 0 saturated heterocycles. The second-order valence-electron chi connectivity index (χ2n) is 6.65. The van der Waals surface area contributed by atoms with Crippen LogP contribution in [-0.2, 0) is 19.4 Å². The standard InChI is InChI=1S/C19H25NO6S/c1-13(2)6-14(9-20(3)12-21)17-7-16(27(5,22)23)8-18-19(17)26-15(10-24-4)11-25-18/h6-9,12,15H,10-11H2,1-5H3/b14-9+. The third-order valence-electron chi connectivity index (χ3n) is 3.78. The molecule has 1 amide bonds. The van der Waals surface area contributed by atoms with Crippen molar-refractivity contribution in [3.8, 4) is 11.5 Å². The molecule has 1 aliphatic heterocycles. The summed E-state index contributed by atoms with van der Waals surface area (Å²) < 4.78 is 41.2. The molecule has 0 radical (unpaired) electrons. The summed E-state index contributed by atoms with van der Waals surface area (Å²) in [5.74, 6) is 0.779. The Hall–Kier alpha value is -2.32. The zero-order valence-corrected chi connectivity index (χ0v) is 17.0. The number of hydrogen-bond donors (Lipinski definition) is 0. The van der Waals surface area contributed by atoms with Crippen LogP contribution >= 0.6 is 0 Å². The molecule has 27 heavy (non-hydrogen) atoms. The van der Waals surface area contributed by atoms with Crippen molar-refractivity contribution in [3.63, 3.8) is 0 Å².